The highest BCUT2D eigenvalue weighted by Crippen LogP contribution is 2.25. The zero-order chi connectivity index (χ0) is 11.0. The highest BCUT2D eigenvalue weighted by atomic mass is 15.5. The minimum absolute atomic E-state index is 0.353. The summed E-state index contributed by atoms with van der Waals surface area (Å²) < 4.78 is 0. The van der Waals surface area contributed by atoms with E-state index < -0.39 is 0 Å². The van der Waals surface area contributed by atoms with Crippen LogP contribution < -0.4 is 10.7 Å². The van der Waals surface area contributed by atoms with Gasteiger partial charge in [0.2, 0.25) is 0 Å². The van der Waals surface area contributed by atoms with Crippen LogP contribution in [0, 0.1) is 19.8 Å². The van der Waals surface area contributed by atoms with Crippen molar-refractivity contribution in [2.24, 2.45) is 16.8 Å². The third kappa shape index (κ3) is 1.82. The van der Waals surface area contributed by atoms with Crippen LogP contribution in [0.4, 0.5) is 5.69 Å². The van der Waals surface area contributed by atoms with Gasteiger partial charge in [-0.1, -0.05) is 24.6 Å². The van der Waals surface area contributed by atoms with E-state index in [9.17, 15) is 0 Å². The monoisotopic (exact) mass is 203 g/mol. The van der Waals surface area contributed by atoms with E-state index in [1.807, 2.05) is 5.01 Å². The predicted octanol–water partition coefficient (Wildman–Crippen LogP) is 2.03. The maximum atomic E-state index is 5.79. The smallest absolute Gasteiger partial charge is 0.124 e. The molecule has 2 N–H and O–H groups in total. The molecule has 0 amide bonds. The van der Waals surface area contributed by atoms with Crippen molar-refractivity contribution < 1.29 is 0 Å². The van der Waals surface area contributed by atoms with E-state index >= 15 is 0 Å². The van der Waals surface area contributed by atoms with Crippen LogP contribution in [0.2, 0.25) is 0 Å². The Kier molecular flexibility index (Phi) is 2.39. The zero-order valence-electron chi connectivity index (χ0n) is 9.49. The van der Waals surface area contributed by atoms with E-state index in [0.29, 0.717) is 5.92 Å². The third-order valence-corrected chi connectivity index (χ3v) is 2.82. The molecule has 1 aromatic rings. The number of nitrogens with zero attached hydrogens (tertiary/aromatic N) is 2. The summed E-state index contributed by atoms with van der Waals surface area (Å²) in [6, 6.07) is 6.39. The molecule has 0 bridgehead atoms. The molecule has 0 aliphatic carbocycles. The number of nitrogens with two attached hydrogens (primary N) is 1. The lowest BCUT2D eigenvalue weighted by Crippen LogP contribution is -2.20. The van der Waals surface area contributed by atoms with Crippen molar-refractivity contribution in [2.75, 3.05) is 11.6 Å². The Morgan fingerprint density at radius 3 is 2.67 bits per heavy atom. The van der Waals surface area contributed by atoms with Crippen LogP contribution in [-0.4, -0.2) is 12.4 Å². The molecule has 0 spiro atoms. The lowest BCUT2D eigenvalue weighted by Gasteiger charge is -2.17. The Balaban J connectivity index is 2.32. The fraction of sp³-hybridized carbons (Fsp3) is 0.417. The molecule has 80 valence electrons. The number of amidine groups is 1. The topological polar surface area (TPSA) is 41.6 Å². The fourth-order valence-electron chi connectivity index (χ4n) is 1.88. The van der Waals surface area contributed by atoms with Gasteiger partial charge in [0, 0.05) is 5.92 Å². The van der Waals surface area contributed by atoms with Crippen molar-refractivity contribution in [3.05, 3.63) is 29.3 Å². The maximum absolute atomic E-state index is 5.79. The lowest BCUT2D eigenvalue weighted by molar-refractivity contribution is 0.771. The number of hydrazone groups is 1. The molecule has 1 aliphatic heterocycles. The van der Waals surface area contributed by atoms with Gasteiger partial charge in [0.15, 0.2) is 0 Å². The Morgan fingerprint density at radius 1 is 1.40 bits per heavy atom. The predicted molar refractivity (Wildman–Crippen MR) is 64.0 cm³/mol. The molecule has 1 unspecified atom stereocenters. The summed E-state index contributed by atoms with van der Waals surface area (Å²) in [7, 11) is 0. The summed E-state index contributed by atoms with van der Waals surface area (Å²) in [5.41, 5.74) is 9.48. The van der Waals surface area contributed by atoms with E-state index in [2.05, 4.69) is 44.1 Å². The largest absolute Gasteiger partial charge is 0.385 e. The summed E-state index contributed by atoms with van der Waals surface area (Å²) >= 11 is 0. The number of rotatable bonds is 1. The Morgan fingerprint density at radius 2 is 2.13 bits per heavy atom. The molecular weight excluding hydrogens is 186 g/mol. The summed E-state index contributed by atoms with van der Waals surface area (Å²) in [5.74, 6) is 1.08. The molecule has 3 nitrogen and oxygen atoms in total. The van der Waals surface area contributed by atoms with Gasteiger partial charge in [-0.3, -0.25) is 5.01 Å². The standard InChI is InChI=1S/C12H17N3/c1-8-4-5-11(9(2)6-8)15-7-10(3)12(13)14-15/h4-6,10H,7H2,1-3H3,(H2,13,14). The number of aryl methyl sites for hydroxylation is 2. The van der Waals surface area contributed by atoms with Gasteiger partial charge >= 0.3 is 0 Å². The van der Waals surface area contributed by atoms with Gasteiger partial charge in [0.05, 0.1) is 12.2 Å². The average molecular weight is 203 g/mol. The van der Waals surface area contributed by atoms with Gasteiger partial charge in [0.1, 0.15) is 5.84 Å². The lowest BCUT2D eigenvalue weighted by atomic mass is 10.1. The van der Waals surface area contributed by atoms with Crippen LogP contribution in [0.1, 0.15) is 18.1 Å². The number of benzene rings is 1. The third-order valence-electron chi connectivity index (χ3n) is 2.82. The molecule has 0 saturated heterocycles. The van der Waals surface area contributed by atoms with E-state index in [4.69, 9.17) is 5.73 Å². The van der Waals surface area contributed by atoms with Crippen molar-refractivity contribution in [3.8, 4) is 0 Å². The first-order valence-corrected chi connectivity index (χ1v) is 5.26. The molecule has 0 saturated carbocycles. The molecule has 1 heterocycles. The van der Waals surface area contributed by atoms with Gasteiger partial charge < -0.3 is 5.73 Å². The molecule has 15 heavy (non-hydrogen) atoms. The SMILES string of the molecule is Cc1ccc(N2CC(C)C(N)=N2)c(C)c1. The van der Waals surface area contributed by atoms with Crippen molar-refractivity contribution in [1.82, 2.24) is 0 Å². The Bertz CT molecular complexity index is 409. The number of hydrogen-bond donors (Lipinski definition) is 1. The molecule has 1 atom stereocenters. The molecule has 1 aliphatic rings. The van der Waals surface area contributed by atoms with Crippen LogP contribution in [-0.2, 0) is 0 Å². The molecule has 0 aromatic heterocycles. The van der Waals surface area contributed by atoms with E-state index in [1.54, 1.807) is 0 Å². The van der Waals surface area contributed by atoms with E-state index in [-0.39, 0.29) is 0 Å². The van der Waals surface area contributed by atoms with Crippen LogP contribution >= 0.6 is 0 Å². The number of hydrogen-bond acceptors (Lipinski definition) is 3. The molecule has 1 aromatic carbocycles. The quantitative estimate of drug-likeness (QED) is 0.758. The van der Waals surface area contributed by atoms with Crippen LogP contribution in [0.3, 0.4) is 0 Å². The second-order valence-corrected chi connectivity index (χ2v) is 4.30. The first-order chi connectivity index (χ1) is 7.08. The highest BCUT2D eigenvalue weighted by Gasteiger charge is 2.21. The first kappa shape index (κ1) is 10.0. The van der Waals surface area contributed by atoms with Crippen molar-refractivity contribution in [2.45, 2.75) is 20.8 Å². The summed E-state index contributed by atoms with van der Waals surface area (Å²) in [5, 5.41) is 6.35. The summed E-state index contributed by atoms with van der Waals surface area (Å²) in [6.45, 7) is 7.19. The molecular formula is C12H17N3. The highest BCUT2D eigenvalue weighted by molar-refractivity contribution is 5.86. The van der Waals surface area contributed by atoms with Gasteiger partial charge in [0.25, 0.3) is 0 Å². The van der Waals surface area contributed by atoms with Crippen molar-refractivity contribution in [1.29, 1.82) is 0 Å². The van der Waals surface area contributed by atoms with Crippen LogP contribution in [0.5, 0.6) is 0 Å². The summed E-state index contributed by atoms with van der Waals surface area (Å²) in [4.78, 5) is 0. The molecule has 0 fully saturated rings. The van der Waals surface area contributed by atoms with Crippen molar-refractivity contribution >= 4 is 11.5 Å². The van der Waals surface area contributed by atoms with Gasteiger partial charge in [-0.15, -0.1) is 0 Å². The van der Waals surface area contributed by atoms with Gasteiger partial charge in [-0.05, 0) is 25.5 Å². The Hall–Kier alpha value is -1.51. The average Bonchev–Trinajstić information content (AvgIpc) is 2.46. The van der Waals surface area contributed by atoms with Crippen LogP contribution in [0.15, 0.2) is 23.3 Å². The molecule has 3 heteroatoms. The first-order valence-electron chi connectivity index (χ1n) is 5.26. The second kappa shape index (κ2) is 3.57. The van der Waals surface area contributed by atoms with Gasteiger partial charge in [-0.25, -0.2) is 0 Å². The van der Waals surface area contributed by atoms with Gasteiger partial charge in [-0.2, -0.15) is 5.10 Å². The maximum Gasteiger partial charge on any atom is 0.124 e. The zero-order valence-corrected chi connectivity index (χ0v) is 9.49. The second-order valence-electron chi connectivity index (χ2n) is 4.30. The van der Waals surface area contributed by atoms with E-state index in [1.165, 1.54) is 11.1 Å². The van der Waals surface area contributed by atoms with Crippen molar-refractivity contribution in [3.63, 3.8) is 0 Å². The minimum Gasteiger partial charge on any atom is -0.385 e. The fourth-order valence-corrected chi connectivity index (χ4v) is 1.88. The summed E-state index contributed by atoms with van der Waals surface area (Å²) in [6.07, 6.45) is 0. The van der Waals surface area contributed by atoms with Crippen LogP contribution in [0.25, 0.3) is 0 Å². The minimum atomic E-state index is 0.353. The molecule has 2 rings (SSSR count). The molecule has 0 radical (unpaired) electrons. The normalized spacial score (nSPS) is 20.6. The Labute approximate surface area is 90.6 Å². The number of anilines is 1. The van der Waals surface area contributed by atoms with E-state index in [0.717, 1.165) is 18.1 Å².